The molecule has 0 aromatic heterocycles. The fourth-order valence-corrected chi connectivity index (χ4v) is 2.15. The Morgan fingerprint density at radius 1 is 1.43 bits per heavy atom. The molecule has 14 heavy (non-hydrogen) atoms. The number of hydrogen-bond acceptors (Lipinski definition) is 2. The molecule has 1 amide bonds. The summed E-state index contributed by atoms with van der Waals surface area (Å²) < 4.78 is 0. The monoisotopic (exact) mass is 199 g/mol. The number of rotatable bonds is 4. The van der Waals surface area contributed by atoms with Gasteiger partial charge in [0.2, 0.25) is 5.91 Å². The molecule has 1 aliphatic carbocycles. The maximum Gasteiger partial charge on any atom is 0.223 e. The topological polar surface area (TPSA) is 49.3 Å². The van der Waals surface area contributed by atoms with Crippen LogP contribution in [0, 0.1) is 11.8 Å². The van der Waals surface area contributed by atoms with Gasteiger partial charge in [-0.3, -0.25) is 4.79 Å². The van der Waals surface area contributed by atoms with E-state index in [1.807, 2.05) is 6.92 Å². The van der Waals surface area contributed by atoms with Gasteiger partial charge in [0.25, 0.3) is 0 Å². The molecule has 1 saturated carbocycles. The van der Waals surface area contributed by atoms with Gasteiger partial charge in [0, 0.05) is 19.1 Å². The third kappa shape index (κ3) is 2.98. The van der Waals surface area contributed by atoms with Crippen molar-refractivity contribution in [3.8, 4) is 0 Å². The second-order valence-corrected chi connectivity index (χ2v) is 4.12. The molecule has 1 aliphatic rings. The van der Waals surface area contributed by atoms with Crippen LogP contribution in [0.5, 0.6) is 0 Å². The first kappa shape index (κ1) is 11.5. The highest BCUT2D eigenvalue weighted by atomic mass is 16.3. The molecular formula is C11H21NO2. The minimum atomic E-state index is 0.0558. The summed E-state index contributed by atoms with van der Waals surface area (Å²) in [5.41, 5.74) is 0. The molecule has 2 unspecified atom stereocenters. The minimum Gasteiger partial charge on any atom is -0.396 e. The highest BCUT2D eigenvalue weighted by Crippen LogP contribution is 2.29. The Balaban J connectivity index is 2.41. The van der Waals surface area contributed by atoms with Gasteiger partial charge in [0.1, 0.15) is 0 Å². The van der Waals surface area contributed by atoms with Crippen LogP contribution in [0.4, 0.5) is 0 Å². The van der Waals surface area contributed by atoms with Gasteiger partial charge < -0.3 is 10.4 Å². The summed E-state index contributed by atoms with van der Waals surface area (Å²) in [7, 11) is 0. The van der Waals surface area contributed by atoms with Crippen molar-refractivity contribution in [1.82, 2.24) is 5.32 Å². The summed E-state index contributed by atoms with van der Waals surface area (Å²) in [6, 6.07) is 0. The summed E-state index contributed by atoms with van der Waals surface area (Å²) >= 11 is 0. The molecule has 0 aromatic carbocycles. The lowest BCUT2D eigenvalue weighted by atomic mass is 9.79. The molecule has 0 saturated heterocycles. The fourth-order valence-electron chi connectivity index (χ4n) is 2.15. The van der Waals surface area contributed by atoms with Crippen LogP contribution in [0.25, 0.3) is 0 Å². The van der Waals surface area contributed by atoms with Crippen molar-refractivity contribution < 1.29 is 9.90 Å². The van der Waals surface area contributed by atoms with Gasteiger partial charge in [0.15, 0.2) is 0 Å². The van der Waals surface area contributed by atoms with E-state index in [1.165, 1.54) is 0 Å². The molecule has 0 aliphatic heterocycles. The third-order valence-electron chi connectivity index (χ3n) is 3.03. The van der Waals surface area contributed by atoms with E-state index in [4.69, 9.17) is 5.11 Å². The Bertz CT molecular complexity index is 182. The molecule has 0 radical (unpaired) electrons. The Morgan fingerprint density at radius 3 is 2.79 bits per heavy atom. The smallest absolute Gasteiger partial charge is 0.223 e. The first-order valence-electron chi connectivity index (χ1n) is 5.68. The van der Waals surface area contributed by atoms with Crippen LogP contribution < -0.4 is 5.32 Å². The van der Waals surface area contributed by atoms with Gasteiger partial charge in [-0.15, -0.1) is 0 Å². The summed E-state index contributed by atoms with van der Waals surface area (Å²) in [6.45, 7) is 2.96. The normalized spacial score (nSPS) is 27.3. The summed E-state index contributed by atoms with van der Waals surface area (Å²) in [5.74, 6) is 0.395. The number of carbonyl (C=O) groups is 1. The van der Waals surface area contributed by atoms with Crippen molar-refractivity contribution in [2.45, 2.75) is 39.0 Å². The van der Waals surface area contributed by atoms with E-state index in [9.17, 15) is 4.79 Å². The van der Waals surface area contributed by atoms with Gasteiger partial charge in [0.05, 0.1) is 0 Å². The van der Waals surface area contributed by atoms with Crippen molar-refractivity contribution in [2.75, 3.05) is 13.2 Å². The van der Waals surface area contributed by atoms with E-state index in [0.717, 1.165) is 38.6 Å². The Labute approximate surface area is 85.9 Å². The van der Waals surface area contributed by atoms with Crippen LogP contribution in [-0.2, 0) is 4.79 Å². The molecule has 0 heterocycles. The number of carbonyl (C=O) groups excluding carboxylic acids is 1. The molecule has 0 bridgehead atoms. The standard InChI is InChI=1S/C11H21NO2/c1-2-7-12-11(14)10-6-4-3-5-9(10)8-13/h9-10,13H,2-8H2,1H3,(H,12,14). The Hall–Kier alpha value is -0.570. The SMILES string of the molecule is CCCNC(=O)C1CCCCC1CO. The number of nitrogens with one attached hydrogen (secondary N) is 1. The Kier molecular flexibility index (Phi) is 4.94. The molecule has 82 valence electrons. The van der Waals surface area contributed by atoms with Gasteiger partial charge in [-0.25, -0.2) is 0 Å². The summed E-state index contributed by atoms with van der Waals surface area (Å²) in [4.78, 5) is 11.7. The molecule has 3 nitrogen and oxygen atoms in total. The van der Waals surface area contributed by atoms with Crippen molar-refractivity contribution in [1.29, 1.82) is 0 Å². The second kappa shape index (κ2) is 6.02. The lowest BCUT2D eigenvalue weighted by Gasteiger charge is -2.28. The lowest BCUT2D eigenvalue weighted by molar-refractivity contribution is -0.128. The number of aliphatic hydroxyl groups excluding tert-OH is 1. The van der Waals surface area contributed by atoms with Gasteiger partial charge in [-0.2, -0.15) is 0 Å². The van der Waals surface area contributed by atoms with Gasteiger partial charge in [-0.1, -0.05) is 19.8 Å². The predicted octanol–water partition coefficient (Wildman–Crippen LogP) is 1.31. The molecule has 1 rings (SSSR count). The maximum absolute atomic E-state index is 11.7. The van der Waals surface area contributed by atoms with Crippen molar-refractivity contribution in [2.24, 2.45) is 11.8 Å². The van der Waals surface area contributed by atoms with E-state index >= 15 is 0 Å². The van der Waals surface area contributed by atoms with Crippen LogP contribution in [-0.4, -0.2) is 24.2 Å². The van der Waals surface area contributed by atoms with E-state index in [2.05, 4.69) is 5.32 Å². The number of aliphatic hydroxyl groups is 1. The van der Waals surface area contributed by atoms with E-state index < -0.39 is 0 Å². The molecular weight excluding hydrogens is 178 g/mol. The molecule has 2 N–H and O–H groups in total. The zero-order valence-corrected chi connectivity index (χ0v) is 8.96. The van der Waals surface area contributed by atoms with Crippen molar-refractivity contribution in [3.63, 3.8) is 0 Å². The molecule has 1 fully saturated rings. The van der Waals surface area contributed by atoms with E-state index in [1.54, 1.807) is 0 Å². The fraction of sp³-hybridized carbons (Fsp3) is 0.909. The zero-order valence-electron chi connectivity index (χ0n) is 8.96. The summed E-state index contributed by atoms with van der Waals surface area (Å²) in [6.07, 6.45) is 5.20. The quantitative estimate of drug-likeness (QED) is 0.717. The van der Waals surface area contributed by atoms with Crippen LogP contribution >= 0.6 is 0 Å². The molecule has 0 aromatic rings. The highest BCUT2D eigenvalue weighted by molar-refractivity contribution is 5.79. The van der Waals surface area contributed by atoms with Gasteiger partial charge in [-0.05, 0) is 25.2 Å². The first-order chi connectivity index (χ1) is 6.79. The second-order valence-electron chi connectivity index (χ2n) is 4.12. The van der Waals surface area contributed by atoms with Crippen LogP contribution in [0.1, 0.15) is 39.0 Å². The van der Waals surface area contributed by atoms with E-state index in [0.29, 0.717) is 0 Å². The third-order valence-corrected chi connectivity index (χ3v) is 3.03. The largest absolute Gasteiger partial charge is 0.396 e. The number of hydrogen-bond donors (Lipinski definition) is 2. The van der Waals surface area contributed by atoms with E-state index in [-0.39, 0.29) is 24.3 Å². The average Bonchev–Trinajstić information content (AvgIpc) is 2.25. The van der Waals surface area contributed by atoms with Crippen LogP contribution in [0.15, 0.2) is 0 Å². The molecule has 3 heteroatoms. The van der Waals surface area contributed by atoms with Crippen LogP contribution in [0.2, 0.25) is 0 Å². The van der Waals surface area contributed by atoms with Crippen molar-refractivity contribution >= 4 is 5.91 Å². The first-order valence-corrected chi connectivity index (χ1v) is 5.68. The average molecular weight is 199 g/mol. The number of amides is 1. The summed E-state index contributed by atoms with van der Waals surface area (Å²) in [5, 5.41) is 12.1. The van der Waals surface area contributed by atoms with Crippen LogP contribution in [0.3, 0.4) is 0 Å². The predicted molar refractivity (Wildman–Crippen MR) is 55.8 cm³/mol. The molecule has 0 spiro atoms. The zero-order chi connectivity index (χ0) is 10.4. The molecule has 2 atom stereocenters. The van der Waals surface area contributed by atoms with Gasteiger partial charge >= 0.3 is 0 Å². The van der Waals surface area contributed by atoms with Crippen molar-refractivity contribution in [3.05, 3.63) is 0 Å². The maximum atomic E-state index is 11.7. The minimum absolute atomic E-state index is 0.0558. The Morgan fingerprint density at radius 2 is 2.14 bits per heavy atom. The highest BCUT2D eigenvalue weighted by Gasteiger charge is 2.29. The lowest BCUT2D eigenvalue weighted by Crippen LogP contribution is -2.38.